The molecule has 3 aromatic carbocycles. The van der Waals surface area contributed by atoms with Gasteiger partial charge in [-0.3, -0.25) is 29.1 Å². The van der Waals surface area contributed by atoms with E-state index in [2.05, 4.69) is 20.6 Å². The lowest BCUT2D eigenvalue weighted by Crippen LogP contribution is -2.58. The summed E-state index contributed by atoms with van der Waals surface area (Å²) in [5, 5.41) is 24.6. The zero-order chi connectivity index (χ0) is 54.2. The highest BCUT2D eigenvalue weighted by molar-refractivity contribution is 7.81. The maximum atomic E-state index is 15.8. The van der Waals surface area contributed by atoms with E-state index >= 15 is 17.6 Å². The van der Waals surface area contributed by atoms with Crippen LogP contribution in [0, 0.1) is 46.9 Å². The molecule has 4 heterocycles. The maximum Gasteiger partial charge on any atom is 0.420 e. The highest BCUT2D eigenvalue weighted by Gasteiger charge is 2.52. The third kappa shape index (κ3) is 11.2. The fraction of sp³-hybridized carbons (Fsp3) is 0.360. The summed E-state index contributed by atoms with van der Waals surface area (Å²) < 4.78 is 114. The van der Waals surface area contributed by atoms with Crippen molar-refractivity contribution in [2.45, 2.75) is 84.4 Å². The van der Waals surface area contributed by atoms with Crippen LogP contribution >= 0.6 is 23.6 Å². The van der Waals surface area contributed by atoms with Gasteiger partial charge in [-0.05, 0) is 73.8 Å². The highest BCUT2D eigenvalue weighted by Crippen LogP contribution is 2.43. The van der Waals surface area contributed by atoms with E-state index in [1.165, 1.54) is 36.2 Å². The van der Waals surface area contributed by atoms with Crippen LogP contribution in [0.25, 0.3) is 21.7 Å². The Kier molecular flexibility index (Phi) is 15.8. The number of aromatic nitrogens is 2. The Morgan fingerprint density at radius 3 is 2.26 bits per heavy atom. The number of ether oxygens (including phenoxy) is 2. The van der Waals surface area contributed by atoms with Crippen LogP contribution in [0.5, 0.6) is 5.75 Å². The van der Waals surface area contributed by atoms with Crippen molar-refractivity contribution in [2.24, 2.45) is 5.41 Å². The number of likely N-dealkylation sites (tertiary alicyclic amines) is 1. The van der Waals surface area contributed by atoms with Crippen molar-refractivity contribution in [1.82, 2.24) is 25.5 Å². The van der Waals surface area contributed by atoms with E-state index in [0.717, 1.165) is 57.1 Å². The van der Waals surface area contributed by atoms with Crippen molar-refractivity contribution < 1.29 is 64.5 Å². The fourth-order valence-corrected chi connectivity index (χ4v) is 9.82. The van der Waals surface area contributed by atoms with Crippen molar-refractivity contribution >= 4 is 63.7 Å². The number of nitrogens with one attached hydrogen (secondary N) is 2. The Hall–Kier alpha value is -7.07. The number of aryl methyl sites for hydroxylation is 1. The second-order valence-corrected chi connectivity index (χ2v) is 20.1. The second kappa shape index (κ2) is 21.4. The molecule has 3 N–H and O–H groups in total. The Morgan fingerprint density at radius 2 is 1.66 bits per heavy atom. The van der Waals surface area contributed by atoms with E-state index in [1.807, 2.05) is 31.2 Å². The number of aliphatic hydroxyl groups is 1. The number of alkyl halides is 3. The number of hydrogen-bond acceptors (Lipinski definition) is 12. The van der Waals surface area contributed by atoms with Crippen LogP contribution in [0.2, 0.25) is 0 Å². The average molecular weight is 1070 g/mol. The van der Waals surface area contributed by atoms with Crippen LogP contribution < -0.4 is 25.2 Å². The van der Waals surface area contributed by atoms with E-state index in [0.29, 0.717) is 11.0 Å². The van der Waals surface area contributed by atoms with Gasteiger partial charge >= 0.3 is 6.18 Å². The number of hydrogen-bond donors (Lipinski definition) is 3. The van der Waals surface area contributed by atoms with E-state index in [-0.39, 0.29) is 31.8 Å². The quantitative estimate of drug-likeness (QED) is 0.0526. The zero-order valence-electron chi connectivity index (χ0n) is 40.4. The molecule has 0 unspecified atom stereocenters. The van der Waals surface area contributed by atoms with Gasteiger partial charge in [0, 0.05) is 31.1 Å². The molecule has 2 aliphatic heterocycles. The third-order valence-corrected chi connectivity index (χ3v) is 13.6. The Labute approximate surface area is 428 Å². The summed E-state index contributed by atoms with van der Waals surface area (Å²) in [5.41, 5.74) is -3.22. The number of β-amino-alcohol motifs (C(OH)–C–C–N with tert-alkyl or cyclic N) is 1. The number of halogens is 7. The number of nitrogens with zero attached hydrogens (tertiary/aromatic N) is 6. The summed E-state index contributed by atoms with van der Waals surface area (Å²) in [5.74, 6) is -9.39. The molecule has 24 heteroatoms. The predicted octanol–water partition coefficient (Wildman–Crippen LogP) is 7.75. The summed E-state index contributed by atoms with van der Waals surface area (Å²) >= 11 is 6.90. The minimum absolute atomic E-state index is 0.0196. The number of nitriles is 1. The molecule has 0 aliphatic carbocycles. The number of thiazole rings is 1. The number of benzene rings is 3. The summed E-state index contributed by atoms with van der Waals surface area (Å²) in [6, 6.07) is 10.4. The first kappa shape index (κ1) is 54.7. The van der Waals surface area contributed by atoms with Gasteiger partial charge in [0.05, 0.1) is 58.0 Å². The molecule has 0 saturated carbocycles. The van der Waals surface area contributed by atoms with Gasteiger partial charge in [0.25, 0.3) is 5.91 Å². The zero-order valence-corrected chi connectivity index (χ0v) is 42.0. The number of carbonyl (C=O) groups excluding carboxylic acids is 4. The van der Waals surface area contributed by atoms with E-state index in [1.54, 1.807) is 26.3 Å². The SMILES string of the molecule is Cc1ncsc1-c1ccc(CNC(=O)[C@@H]2C[C@@H](O)CN2C(=O)[C@@H](NC(=O)COCCOc2c(F)cc(-c3ncc(N4C(=S)N(c5ccc(C#N)c(C(F)(F)F)c5F)C(=O)C4(C)C)cc3F)cc2F)C(C)(C)C)cc1. The molecule has 2 saturated heterocycles. The summed E-state index contributed by atoms with van der Waals surface area (Å²) in [6.45, 7) is 8.14. The first-order valence-corrected chi connectivity index (χ1v) is 23.9. The number of anilines is 2. The molecule has 4 amide bonds. The first-order chi connectivity index (χ1) is 34.7. The maximum absolute atomic E-state index is 15.8. The van der Waals surface area contributed by atoms with Crippen LogP contribution in [-0.2, 0) is 36.6 Å². The molecule has 0 radical (unpaired) electrons. The Bertz CT molecular complexity index is 3050. The second-order valence-electron chi connectivity index (χ2n) is 18.9. The molecular formula is C50H47F7N8O7S2. The highest BCUT2D eigenvalue weighted by atomic mass is 32.1. The van der Waals surface area contributed by atoms with Crippen molar-refractivity contribution in [3.05, 3.63) is 112 Å². The van der Waals surface area contributed by atoms with Crippen molar-refractivity contribution in [2.75, 3.05) is 36.2 Å². The molecule has 7 rings (SSSR count). The van der Waals surface area contributed by atoms with Crippen molar-refractivity contribution in [3.63, 3.8) is 0 Å². The first-order valence-electron chi connectivity index (χ1n) is 22.6. The molecule has 3 atom stereocenters. The van der Waals surface area contributed by atoms with Gasteiger partial charge in [0.1, 0.15) is 42.1 Å². The van der Waals surface area contributed by atoms with Crippen LogP contribution in [0.4, 0.5) is 42.1 Å². The fourth-order valence-electron chi connectivity index (χ4n) is 8.50. The van der Waals surface area contributed by atoms with Crippen molar-refractivity contribution in [3.8, 4) is 33.5 Å². The molecule has 5 aromatic rings. The Balaban J connectivity index is 0.933. The third-order valence-electron chi connectivity index (χ3n) is 12.2. The molecule has 0 spiro atoms. The van der Waals surface area contributed by atoms with Crippen LogP contribution in [0.3, 0.4) is 0 Å². The molecule has 15 nitrogen and oxygen atoms in total. The molecule has 2 aliphatic rings. The van der Waals surface area contributed by atoms with E-state index in [4.69, 9.17) is 27.0 Å². The molecule has 390 valence electrons. The standard InChI is InChI=1S/C50H47F7N8O7S2/c1-25-42(74-24-61-25)27-9-7-26(8-10-27)20-60-44(68)36-18-31(66)22-63(36)45(69)43(48(2,3)4)62-37(67)23-71-13-14-72-41-33(52)15-29(16-34(41)53)40-32(51)17-30(21-59-40)65-47(73)64(46(70)49(65,5)6)35-12-11-28(19-58)38(39(35)54)50(55,56)57/h7-12,15-17,21,24,31,36,43,66H,13-14,18,20,22-23H2,1-6H3,(H,60,68)(H,62,67)/t31-,36+,43-/m1/s1. The monoisotopic (exact) mass is 1070 g/mol. The predicted molar refractivity (Wildman–Crippen MR) is 260 cm³/mol. The lowest BCUT2D eigenvalue weighted by atomic mass is 9.85. The van der Waals surface area contributed by atoms with Gasteiger partial charge in [-0.15, -0.1) is 11.3 Å². The molecule has 2 fully saturated rings. The van der Waals surface area contributed by atoms with Crippen molar-refractivity contribution in [1.29, 1.82) is 5.26 Å². The van der Waals surface area contributed by atoms with Gasteiger partial charge < -0.3 is 35.0 Å². The van der Waals surface area contributed by atoms with Crippen LogP contribution in [0.1, 0.15) is 63.4 Å². The lowest BCUT2D eigenvalue weighted by molar-refractivity contribution is -0.144. The lowest BCUT2D eigenvalue weighted by Gasteiger charge is -2.35. The summed E-state index contributed by atoms with van der Waals surface area (Å²) in [7, 11) is 0. The van der Waals surface area contributed by atoms with Gasteiger partial charge in [-0.25, -0.2) is 22.5 Å². The minimum atomic E-state index is -5.32. The largest absolute Gasteiger partial charge is 0.485 e. The molecule has 0 bridgehead atoms. The van der Waals surface area contributed by atoms with Gasteiger partial charge in [0.15, 0.2) is 34.1 Å². The normalized spacial score (nSPS) is 17.1. The molecule has 74 heavy (non-hydrogen) atoms. The van der Waals surface area contributed by atoms with Gasteiger partial charge in [0.2, 0.25) is 17.7 Å². The summed E-state index contributed by atoms with van der Waals surface area (Å²) in [4.78, 5) is 66.1. The number of pyridine rings is 1. The van der Waals surface area contributed by atoms with E-state index < -0.39 is 134 Å². The minimum Gasteiger partial charge on any atom is -0.485 e. The smallest absolute Gasteiger partial charge is 0.420 e. The average Bonchev–Trinajstić information content (AvgIpc) is 3.99. The number of rotatable bonds is 15. The topological polar surface area (TPSA) is 190 Å². The number of thiocarbonyl (C=S) groups is 1. The number of amides is 4. The number of carbonyl (C=O) groups is 4. The van der Waals surface area contributed by atoms with Crippen LogP contribution in [0.15, 0.2) is 66.3 Å². The summed E-state index contributed by atoms with van der Waals surface area (Å²) in [6.07, 6.45) is -5.35. The molecule has 2 aromatic heterocycles. The van der Waals surface area contributed by atoms with Gasteiger partial charge in [-0.1, -0.05) is 45.0 Å². The van der Waals surface area contributed by atoms with Crippen LogP contribution in [-0.4, -0.2) is 98.8 Å². The Morgan fingerprint density at radius 1 is 0.986 bits per heavy atom. The molecular weight excluding hydrogens is 1020 g/mol. The number of aliphatic hydroxyl groups excluding tert-OH is 1. The van der Waals surface area contributed by atoms with E-state index in [9.17, 15) is 37.5 Å². The van der Waals surface area contributed by atoms with Gasteiger partial charge in [-0.2, -0.15) is 18.4 Å².